The van der Waals surface area contributed by atoms with Crippen molar-refractivity contribution in [1.82, 2.24) is 3.80 Å². The molecule has 0 bridgehead atoms. The zero-order valence-electron chi connectivity index (χ0n) is 20.0. The van der Waals surface area contributed by atoms with Gasteiger partial charge < -0.3 is 0 Å². The molecule has 0 radical (unpaired) electrons. The van der Waals surface area contributed by atoms with E-state index in [0.29, 0.717) is 0 Å². The van der Waals surface area contributed by atoms with E-state index in [4.69, 9.17) is 18.6 Å². The zero-order chi connectivity index (χ0) is 23.9. The SMILES string of the molecule is C[SiH](C)[Ti]([Cl])([Cl])([NH]C(C)(C)C)[CH]1C=C(P(c2ccccc2)c2ccccc2)c2ccccc21. The van der Waals surface area contributed by atoms with Gasteiger partial charge in [0.15, 0.2) is 0 Å². The predicted molar refractivity (Wildman–Crippen MR) is 150 cm³/mol. The molecule has 0 amide bonds. The van der Waals surface area contributed by atoms with Gasteiger partial charge in [0.1, 0.15) is 0 Å². The van der Waals surface area contributed by atoms with Crippen LogP contribution in [0.15, 0.2) is 91.0 Å². The minimum absolute atomic E-state index is 0.0554. The second-order valence-corrected chi connectivity index (χ2v) is 40.6. The molecule has 1 N–H and O–H groups in total. The van der Waals surface area contributed by atoms with Crippen molar-refractivity contribution in [3.8, 4) is 0 Å². The Morgan fingerprint density at radius 2 is 1.27 bits per heavy atom. The normalized spacial score (nSPS) is 17.5. The second kappa shape index (κ2) is 9.40. The van der Waals surface area contributed by atoms with E-state index in [9.17, 15) is 0 Å². The summed E-state index contributed by atoms with van der Waals surface area (Å²) in [6.45, 7) is 9.74. The van der Waals surface area contributed by atoms with Crippen LogP contribution in [0.5, 0.6) is 0 Å². The maximum absolute atomic E-state index is 7.78. The number of halogens is 2. The van der Waals surface area contributed by atoms with Crippen molar-refractivity contribution in [1.29, 1.82) is 0 Å². The third kappa shape index (κ3) is 5.00. The summed E-state index contributed by atoms with van der Waals surface area (Å²) >= 11 is -4.18. The Morgan fingerprint density at radius 1 is 0.788 bits per heavy atom. The molecule has 33 heavy (non-hydrogen) atoms. The zero-order valence-corrected chi connectivity index (χ0v) is 25.1. The van der Waals surface area contributed by atoms with Crippen LogP contribution in [0.1, 0.15) is 36.1 Å². The van der Waals surface area contributed by atoms with E-state index in [-0.39, 0.29) is 9.76 Å². The maximum atomic E-state index is 7.78. The van der Waals surface area contributed by atoms with E-state index < -0.39 is 27.3 Å². The summed E-state index contributed by atoms with van der Waals surface area (Å²) < 4.78 is 3.93. The first-order valence-electron chi connectivity index (χ1n) is 11.6. The molecule has 1 nitrogen and oxygen atoms in total. The summed E-state index contributed by atoms with van der Waals surface area (Å²) in [5.74, 6) is 0. The van der Waals surface area contributed by atoms with Crippen LogP contribution in [0, 0.1) is 0 Å². The Bertz CT molecular complexity index is 1120. The quantitative estimate of drug-likeness (QED) is 0.248. The van der Waals surface area contributed by atoms with Gasteiger partial charge in [0.25, 0.3) is 0 Å². The van der Waals surface area contributed by atoms with Gasteiger partial charge in [-0.15, -0.1) is 0 Å². The van der Waals surface area contributed by atoms with Crippen LogP contribution < -0.4 is 14.4 Å². The summed E-state index contributed by atoms with van der Waals surface area (Å²) in [6, 6.07) is 30.6. The van der Waals surface area contributed by atoms with Crippen molar-refractivity contribution in [3.63, 3.8) is 0 Å². The van der Waals surface area contributed by atoms with Crippen LogP contribution >= 0.6 is 26.5 Å². The molecule has 3 aromatic carbocycles. The molecule has 0 saturated carbocycles. The Kier molecular flexibility index (Phi) is 7.23. The van der Waals surface area contributed by atoms with E-state index in [1.54, 1.807) is 0 Å². The summed E-state index contributed by atoms with van der Waals surface area (Å²) in [6.07, 6.45) is 2.46. The number of allylic oxidation sites excluding steroid dienone is 1. The Labute approximate surface area is 210 Å². The molecule has 0 fully saturated rings. The molecule has 1 aliphatic carbocycles. The number of fused-ring (bicyclic) bond motifs is 1. The van der Waals surface area contributed by atoms with Gasteiger partial charge in [0, 0.05) is 0 Å². The molecule has 1 aliphatic rings. The van der Waals surface area contributed by atoms with Crippen LogP contribution in [0.3, 0.4) is 0 Å². The Balaban J connectivity index is 1.96. The fraction of sp³-hybridized carbons (Fsp3) is 0.259. The molecule has 1 unspecified atom stereocenters. The predicted octanol–water partition coefficient (Wildman–Crippen LogP) is 7.50. The molecule has 0 saturated heterocycles. The molecule has 173 valence electrons. The van der Waals surface area contributed by atoms with Gasteiger partial charge in [-0.2, -0.15) is 0 Å². The third-order valence-corrected chi connectivity index (χ3v) is 41.0. The van der Waals surface area contributed by atoms with E-state index in [2.05, 4.69) is 129 Å². The van der Waals surface area contributed by atoms with Gasteiger partial charge in [-0.05, 0) is 0 Å². The fourth-order valence-corrected chi connectivity index (χ4v) is 24.6. The number of hydrogen-bond donors (Lipinski definition) is 1. The average molecular weight is 549 g/mol. The monoisotopic (exact) mass is 548 g/mol. The van der Waals surface area contributed by atoms with E-state index in [1.165, 1.54) is 27.1 Å². The van der Waals surface area contributed by atoms with Crippen LogP contribution in [0.2, 0.25) is 13.1 Å². The molecule has 0 aliphatic heterocycles. The first-order chi connectivity index (χ1) is 15.5. The van der Waals surface area contributed by atoms with E-state index in [0.717, 1.165) is 0 Å². The van der Waals surface area contributed by atoms with Crippen LogP contribution in [-0.4, -0.2) is 12.2 Å². The molecular formula is C27H33Cl2NPSiTi. The minimum atomic E-state index is -4.18. The second-order valence-electron chi connectivity index (χ2n) is 10.3. The van der Waals surface area contributed by atoms with Crippen LogP contribution in [0.4, 0.5) is 0 Å². The standard InChI is InChI=1S/C21H16P.C4H10N.C2H7Si.2ClH.Ti/c1-3-10-18(11-4-1)22(19-12-5-2-6-13-19)21-16-15-17-9-7-8-14-20(17)21;1-4(2,3)5;1-3-2;;;/h1-16H;5H,1-3H3;3H,1-2H3;2*1H;/q;-1;;;;+3/p-2. The van der Waals surface area contributed by atoms with Gasteiger partial charge in [-0.3, -0.25) is 0 Å². The molecule has 0 aromatic heterocycles. The first kappa shape index (κ1) is 25.4. The first-order valence-corrected chi connectivity index (χ1v) is 24.5. The molecule has 4 rings (SSSR count). The number of rotatable bonds is 6. The van der Waals surface area contributed by atoms with Crippen LogP contribution in [-0.2, 0) is 12.7 Å². The van der Waals surface area contributed by atoms with Gasteiger partial charge in [0.2, 0.25) is 0 Å². The molecular weight excluding hydrogens is 516 g/mol. The van der Waals surface area contributed by atoms with Crippen molar-refractivity contribution in [2.45, 2.75) is 43.6 Å². The van der Waals surface area contributed by atoms with Crippen molar-refractivity contribution < 1.29 is 12.7 Å². The summed E-state index contributed by atoms with van der Waals surface area (Å²) in [4.78, 5) is 0. The summed E-state index contributed by atoms with van der Waals surface area (Å²) in [7, 11) is 14.8. The molecule has 0 spiro atoms. The summed E-state index contributed by atoms with van der Waals surface area (Å²) in [5.41, 5.74) is 2.46. The van der Waals surface area contributed by atoms with Crippen molar-refractivity contribution in [2.75, 3.05) is 0 Å². The van der Waals surface area contributed by atoms with E-state index in [1.807, 2.05) is 0 Å². The van der Waals surface area contributed by atoms with Gasteiger partial charge >= 0.3 is 211 Å². The topological polar surface area (TPSA) is 12.0 Å². The number of benzene rings is 3. The van der Waals surface area contributed by atoms with E-state index >= 15 is 0 Å². The van der Waals surface area contributed by atoms with Gasteiger partial charge in [0.05, 0.1) is 0 Å². The molecule has 0 heterocycles. The Hall–Kier alpha value is -0.699. The van der Waals surface area contributed by atoms with Gasteiger partial charge in [-0.25, -0.2) is 0 Å². The van der Waals surface area contributed by atoms with Crippen molar-refractivity contribution in [2.24, 2.45) is 0 Å². The number of nitrogens with one attached hydrogen (secondary N) is 1. The van der Waals surface area contributed by atoms with Crippen molar-refractivity contribution >= 4 is 49.1 Å². The average Bonchev–Trinajstić information content (AvgIpc) is 3.15. The molecule has 3 aromatic rings. The summed E-state index contributed by atoms with van der Waals surface area (Å²) in [5, 5.41) is 4.08. The Morgan fingerprint density at radius 3 is 1.76 bits per heavy atom. The van der Waals surface area contributed by atoms with Gasteiger partial charge in [-0.1, -0.05) is 0 Å². The van der Waals surface area contributed by atoms with Crippen LogP contribution in [0.25, 0.3) is 5.31 Å². The number of hydrogen-bond acceptors (Lipinski definition) is 1. The third-order valence-electron chi connectivity index (χ3n) is 6.41. The fourth-order valence-electron chi connectivity index (χ4n) is 4.85. The van der Waals surface area contributed by atoms with Crippen molar-refractivity contribution in [3.05, 3.63) is 102 Å². The molecule has 1 atom stereocenters. The molecule has 6 heteroatoms.